The predicted molar refractivity (Wildman–Crippen MR) is 62.3 cm³/mol. The third kappa shape index (κ3) is 2.17. The number of hydrogen-bond acceptors (Lipinski definition) is 3. The van der Waals surface area contributed by atoms with E-state index >= 15 is 0 Å². The van der Waals surface area contributed by atoms with Crippen molar-refractivity contribution in [2.45, 2.75) is 26.9 Å². The SMILES string of the molecule is CNCc1occc1Cn1nc(C)cc1C. The van der Waals surface area contributed by atoms with Gasteiger partial charge in [0.1, 0.15) is 5.76 Å². The topological polar surface area (TPSA) is 43.0 Å². The number of aryl methyl sites for hydroxylation is 2. The highest BCUT2D eigenvalue weighted by atomic mass is 16.3. The quantitative estimate of drug-likeness (QED) is 0.853. The van der Waals surface area contributed by atoms with Crippen molar-refractivity contribution in [3.05, 3.63) is 41.1 Å². The summed E-state index contributed by atoms with van der Waals surface area (Å²) in [5.74, 6) is 0.982. The average molecular weight is 219 g/mol. The first-order valence-electron chi connectivity index (χ1n) is 5.41. The van der Waals surface area contributed by atoms with Gasteiger partial charge in [0.15, 0.2) is 0 Å². The minimum atomic E-state index is 0.752. The van der Waals surface area contributed by atoms with Crippen molar-refractivity contribution >= 4 is 0 Å². The zero-order valence-electron chi connectivity index (χ0n) is 9.95. The van der Waals surface area contributed by atoms with Crippen molar-refractivity contribution < 1.29 is 4.42 Å². The Morgan fingerprint density at radius 3 is 2.88 bits per heavy atom. The zero-order valence-corrected chi connectivity index (χ0v) is 9.95. The van der Waals surface area contributed by atoms with Gasteiger partial charge in [-0.3, -0.25) is 4.68 Å². The lowest BCUT2D eigenvalue weighted by Gasteiger charge is -2.04. The summed E-state index contributed by atoms with van der Waals surface area (Å²) in [6.45, 7) is 5.60. The molecule has 0 fully saturated rings. The van der Waals surface area contributed by atoms with Crippen LogP contribution in [-0.2, 0) is 13.1 Å². The summed E-state index contributed by atoms with van der Waals surface area (Å²) >= 11 is 0. The van der Waals surface area contributed by atoms with E-state index in [1.54, 1.807) is 6.26 Å². The summed E-state index contributed by atoms with van der Waals surface area (Å²) in [6.07, 6.45) is 1.73. The van der Waals surface area contributed by atoms with Crippen LogP contribution < -0.4 is 5.32 Å². The Balaban J connectivity index is 2.20. The third-order valence-electron chi connectivity index (χ3n) is 2.60. The van der Waals surface area contributed by atoms with Crippen LogP contribution in [0.5, 0.6) is 0 Å². The molecule has 0 aliphatic carbocycles. The number of aromatic nitrogens is 2. The average Bonchev–Trinajstić information content (AvgIpc) is 2.77. The van der Waals surface area contributed by atoms with Crippen LogP contribution in [-0.4, -0.2) is 16.8 Å². The van der Waals surface area contributed by atoms with Crippen molar-refractivity contribution in [2.75, 3.05) is 7.05 Å². The van der Waals surface area contributed by atoms with E-state index in [4.69, 9.17) is 4.42 Å². The van der Waals surface area contributed by atoms with Gasteiger partial charge in [-0.15, -0.1) is 0 Å². The van der Waals surface area contributed by atoms with Crippen molar-refractivity contribution in [3.63, 3.8) is 0 Å². The van der Waals surface area contributed by atoms with Gasteiger partial charge in [0.05, 0.1) is 25.0 Å². The normalized spacial score (nSPS) is 10.9. The molecular weight excluding hydrogens is 202 g/mol. The van der Waals surface area contributed by atoms with Crippen molar-refractivity contribution in [2.24, 2.45) is 0 Å². The van der Waals surface area contributed by atoms with E-state index in [1.165, 1.54) is 11.3 Å². The number of furan rings is 1. The second-order valence-corrected chi connectivity index (χ2v) is 3.98. The Bertz CT molecular complexity index is 470. The maximum atomic E-state index is 5.42. The van der Waals surface area contributed by atoms with Crippen LogP contribution in [0.15, 0.2) is 22.8 Å². The molecule has 86 valence electrons. The molecule has 16 heavy (non-hydrogen) atoms. The molecule has 0 radical (unpaired) electrons. The maximum absolute atomic E-state index is 5.42. The lowest BCUT2D eigenvalue weighted by molar-refractivity contribution is 0.486. The number of rotatable bonds is 4. The van der Waals surface area contributed by atoms with Gasteiger partial charge < -0.3 is 9.73 Å². The largest absolute Gasteiger partial charge is 0.468 e. The Labute approximate surface area is 95.3 Å². The molecule has 0 aromatic carbocycles. The molecule has 4 nitrogen and oxygen atoms in total. The fraction of sp³-hybridized carbons (Fsp3) is 0.417. The molecule has 0 atom stereocenters. The van der Waals surface area contributed by atoms with E-state index in [0.717, 1.165) is 24.5 Å². The molecule has 0 spiro atoms. The Morgan fingerprint density at radius 1 is 1.44 bits per heavy atom. The van der Waals surface area contributed by atoms with Crippen LogP contribution in [0.25, 0.3) is 0 Å². The summed E-state index contributed by atoms with van der Waals surface area (Å²) in [5.41, 5.74) is 3.41. The molecule has 2 heterocycles. The van der Waals surface area contributed by atoms with E-state index in [1.807, 2.05) is 24.7 Å². The lowest BCUT2D eigenvalue weighted by atomic mass is 10.2. The van der Waals surface area contributed by atoms with Gasteiger partial charge in [0, 0.05) is 11.3 Å². The first kappa shape index (κ1) is 11.0. The summed E-state index contributed by atoms with van der Waals surface area (Å²) in [5, 5.41) is 7.53. The lowest BCUT2D eigenvalue weighted by Crippen LogP contribution is -2.09. The molecule has 0 amide bonds. The molecule has 1 N–H and O–H groups in total. The summed E-state index contributed by atoms with van der Waals surface area (Å²) in [6, 6.07) is 4.08. The molecule has 0 unspecified atom stereocenters. The number of nitrogens with zero attached hydrogens (tertiary/aromatic N) is 2. The summed E-state index contributed by atoms with van der Waals surface area (Å²) < 4.78 is 7.42. The molecule has 0 aliphatic rings. The second-order valence-electron chi connectivity index (χ2n) is 3.98. The summed E-state index contributed by atoms with van der Waals surface area (Å²) in [7, 11) is 1.91. The van der Waals surface area contributed by atoms with Gasteiger partial charge in [-0.2, -0.15) is 5.10 Å². The van der Waals surface area contributed by atoms with Crippen LogP contribution in [0.3, 0.4) is 0 Å². The van der Waals surface area contributed by atoms with Crippen LogP contribution in [0, 0.1) is 13.8 Å². The molecule has 2 aromatic rings. The van der Waals surface area contributed by atoms with Gasteiger partial charge in [0.2, 0.25) is 0 Å². The van der Waals surface area contributed by atoms with E-state index < -0.39 is 0 Å². The fourth-order valence-corrected chi connectivity index (χ4v) is 1.82. The molecule has 2 aromatic heterocycles. The van der Waals surface area contributed by atoms with Gasteiger partial charge in [-0.25, -0.2) is 0 Å². The van der Waals surface area contributed by atoms with Crippen molar-refractivity contribution in [1.29, 1.82) is 0 Å². The molecule has 0 saturated carbocycles. The monoisotopic (exact) mass is 219 g/mol. The molecule has 0 bridgehead atoms. The summed E-state index contributed by atoms with van der Waals surface area (Å²) in [4.78, 5) is 0. The third-order valence-corrected chi connectivity index (χ3v) is 2.60. The second kappa shape index (κ2) is 4.53. The molecule has 0 saturated heterocycles. The van der Waals surface area contributed by atoms with Crippen LogP contribution in [0.1, 0.15) is 22.7 Å². The first-order valence-corrected chi connectivity index (χ1v) is 5.41. The smallest absolute Gasteiger partial charge is 0.122 e. The zero-order chi connectivity index (χ0) is 11.5. The highest BCUT2D eigenvalue weighted by Crippen LogP contribution is 2.13. The van der Waals surface area contributed by atoms with E-state index in [-0.39, 0.29) is 0 Å². The number of nitrogens with one attached hydrogen (secondary N) is 1. The molecular formula is C12H17N3O. The Hall–Kier alpha value is -1.55. The number of hydrogen-bond donors (Lipinski definition) is 1. The van der Waals surface area contributed by atoms with Crippen LogP contribution in [0.4, 0.5) is 0 Å². The minimum absolute atomic E-state index is 0.752. The van der Waals surface area contributed by atoms with Crippen molar-refractivity contribution in [3.8, 4) is 0 Å². The Kier molecular flexibility index (Phi) is 3.10. The van der Waals surface area contributed by atoms with E-state index in [2.05, 4.69) is 23.4 Å². The first-order chi connectivity index (χ1) is 7.70. The molecule has 2 rings (SSSR count). The molecule has 4 heteroatoms. The van der Waals surface area contributed by atoms with Gasteiger partial charge in [-0.05, 0) is 33.0 Å². The van der Waals surface area contributed by atoms with Gasteiger partial charge in [-0.1, -0.05) is 0 Å². The van der Waals surface area contributed by atoms with E-state index in [9.17, 15) is 0 Å². The van der Waals surface area contributed by atoms with Gasteiger partial charge >= 0.3 is 0 Å². The fourth-order valence-electron chi connectivity index (χ4n) is 1.82. The predicted octanol–water partition coefficient (Wildman–Crippen LogP) is 1.86. The highest BCUT2D eigenvalue weighted by molar-refractivity contribution is 5.18. The maximum Gasteiger partial charge on any atom is 0.122 e. The minimum Gasteiger partial charge on any atom is -0.468 e. The van der Waals surface area contributed by atoms with Crippen LogP contribution >= 0.6 is 0 Å². The van der Waals surface area contributed by atoms with E-state index in [0.29, 0.717) is 0 Å². The van der Waals surface area contributed by atoms with Crippen molar-refractivity contribution in [1.82, 2.24) is 15.1 Å². The van der Waals surface area contributed by atoms with Crippen LogP contribution in [0.2, 0.25) is 0 Å². The Morgan fingerprint density at radius 2 is 2.25 bits per heavy atom. The highest BCUT2D eigenvalue weighted by Gasteiger charge is 2.08. The molecule has 0 aliphatic heterocycles. The van der Waals surface area contributed by atoms with Gasteiger partial charge in [0.25, 0.3) is 0 Å². The standard InChI is InChI=1S/C12H17N3O/c1-9-6-10(2)15(14-9)8-11-4-5-16-12(11)7-13-3/h4-6,13H,7-8H2,1-3H3.